The Hall–Kier alpha value is -2.13. The molecule has 3 unspecified atom stereocenters. The molecule has 0 radical (unpaired) electrons. The summed E-state index contributed by atoms with van der Waals surface area (Å²) in [6, 6.07) is 16.4. The zero-order valence-corrected chi connectivity index (χ0v) is 10.6. The number of hydrogen-bond donors (Lipinski definition) is 1. The van der Waals surface area contributed by atoms with Gasteiger partial charge in [-0.3, -0.25) is 4.79 Å². The molecule has 1 spiro atoms. The quantitative estimate of drug-likeness (QED) is 0.741. The first-order valence-corrected chi connectivity index (χ1v) is 6.84. The van der Waals surface area contributed by atoms with Gasteiger partial charge in [-0.15, -0.1) is 0 Å². The molecule has 1 N–H and O–H groups in total. The van der Waals surface area contributed by atoms with Crippen molar-refractivity contribution in [2.75, 3.05) is 0 Å². The second-order valence-corrected chi connectivity index (χ2v) is 5.79. The monoisotopic (exact) mass is 264 g/mol. The molecule has 1 saturated heterocycles. The maximum atomic E-state index is 12.0. The third-order valence-electron chi connectivity index (χ3n) is 5.10. The Morgan fingerprint density at radius 3 is 2.00 bits per heavy atom. The predicted molar refractivity (Wildman–Crippen MR) is 71.7 cm³/mol. The zero-order chi connectivity index (χ0) is 13.5. The number of ether oxygens (including phenoxy) is 1. The molecule has 3 atom stereocenters. The van der Waals surface area contributed by atoms with Crippen LogP contribution in [0.1, 0.15) is 11.1 Å². The third-order valence-corrected chi connectivity index (χ3v) is 5.10. The fourth-order valence-electron chi connectivity index (χ4n) is 4.40. The smallest absolute Gasteiger partial charge is 0.313 e. The highest BCUT2D eigenvalue weighted by molar-refractivity contribution is 5.93. The van der Waals surface area contributed by atoms with E-state index in [-0.39, 0.29) is 23.2 Å². The summed E-state index contributed by atoms with van der Waals surface area (Å²) in [6.45, 7) is 0. The summed E-state index contributed by atoms with van der Waals surface area (Å²) < 4.78 is 4.96. The van der Waals surface area contributed by atoms with E-state index in [1.165, 1.54) is 11.1 Å². The lowest BCUT2D eigenvalue weighted by Crippen LogP contribution is -2.25. The van der Waals surface area contributed by atoms with Crippen molar-refractivity contribution in [3.63, 3.8) is 0 Å². The van der Waals surface area contributed by atoms with Gasteiger partial charge in [-0.2, -0.15) is 0 Å². The molecule has 3 nitrogen and oxygen atoms in total. The van der Waals surface area contributed by atoms with Crippen molar-refractivity contribution in [1.29, 1.82) is 0 Å². The van der Waals surface area contributed by atoms with Crippen LogP contribution in [-0.4, -0.2) is 17.4 Å². The molecule has 2 aromatic rings. The first-order valence-electron chi connectivity index (χ1n) is 6.84. The van der Waals surface area contributed by atoms with Gasteiger partial charge in [-0.1, -0.05) is 48.5 Å². The Morgan fingerprint density at radius 2 is 1.50 bits per heavy atom. The Labute approximate surface area is 115 Å². The van der Waals surface area contributed by atoms with Crippen LogP contribution < -0.4 is 0 Å². The zero-order valence-electron chi connectivity index (χ0n) is 10.6. The van der Waals surface area contributed by atoms with Gasteiger partial charge in [0.25, 0.3) is 0 Å². The molecule has 0 aromatic heterocycles. The van der Waals surface area contributed by atoms with Gasteiger partial charge < -0.3 is 9.84 Å². The van der Waals surface area contributed by atoms with Gasteiger partial charge in [0.2, 0.25) is 6.29 Å². The van der Waals surface area contributed by atoms with Crippen LogP contribution >= 0.6 is 0 Å². The van der Waals surface area contributed by atoms with Crippen molar-refractivity contribution in [1.82, 2.24) is 0 Å². The molecule has 20 heavy (non-hydrogen) atoms. The van der Waals surface area contributed by atoms with Gasteiger partial charge in [-0.25, -0.2) is 0 Å². The summed E-state index contributed by atoms with van der Waals surface area (Å²) in [7, 11) is 0. The molecular weight excluding hydrogens is 252 g/mol. The van der Waals surface area contributed by atoms with E-state index in [0.717, 1.165) is 11.1 Å². The van der Waals surface area contributed by atoms with Crippen molar-refractivity contribution in [3.8, 4) is 11.1 Å². The summed E-state index contributed by atoms with van der Waals surface area (Å²) in [5.41, 5.74) is 4.32. The summed E-state index contributed by atoms with van der Waals surface area (Å²) >= 11 is 0. The Bertz CT molecular complexity index is 719. The van der Waals surface area contributed by atoms with Crippen LogP contribution in [0.15, 0.2) is 48.5 Å². The molecule has 2 aliphatic carbocycles. The van der Waals surface area contributed by atoms with E-state index in [0.29, 0.717) is 0 Å². The lowest BCUT2D eigenvalue weighted by molar-refractivity contribution is -0.162. The highest BCUT2D eigenvalue weighted by Crippen LogP contribution is 2.73. The number of aliphatic hydroxyl groups is 1. The third kappa shape index (κ3) is 0.917. The van der Waals surface area contributed by atoms with Crippen LogP contribution in [0.25, 0.3) is 11.1 Å². The minimum atomic E-state index is -0.980. The first kappa shape index (κ1) is 10.6. The summed E-state index contributed by atoms with van der Waals surface area (Å²) in [5.74, 6) is -0.642. The minimum absolute atomic E-state index is 0.139. The molecule has 2 aromatic carbocycles. The van der Waals surface area contributed by atoms with Crippen molar-refractivity contribution in [2.24, 2.45) is 11.8 Å². The molecule has 3 aliphatic rings. The number of hydrogen-bond acceptors (Lipinski definition) is 3. The number of fused-ring (bicyclic) bond motifs is 8. The van der Waals surface area contributed by atoms with Gasteiger partial charge in [-0.05, 0) is 22.3 Å². The van der Waals surface area contributed by atoms with E-state index in [9.17, 15) is 9.90 Å². The van der Waals surface area contributed by atoms with Crippen molar-refractivity contribution in [3.05, 3.63) is 59.7 Å². The number of carbonyl (C=O) groups is 1. The second-order valence-electron chi connectivity index (χ2n) is 5.79. The standard InChI is InChI=1S/C17H12O3/c18-15-13-14(16(19)20-15)17(13)11-7-3-1-5-9(11)10-6-2-4-8-12(10)17/h1-8,13-15,18H. The number of carbonyl (C=O) groups excluding carboxylic acids is 1. The molecule has 0 bridgehead atoms. The first-order chi connectivity index (χ1) is 9.76. The van der Waals surface area contributed by atoms with Crippen LogP contribution in [0.5, 0.6) is 0 Å². The van der Waals surface area contributed by atoms with Gasteiger partial charge in [0, 0.05) is 5.41 Å². The van der Waals surface area contributed by atoms with Crippen LogP contribution in [0.4, 0.5) is 0 Å². The molecule has 3 heteroatoms. The van der Waals surface area contributed by atoms with Gasteiger partial charge in [0.1, 0.15) is 0 Å². The number of aliphatic hydroxyl groups excluding tert-OH is 1. The highest BCUT2D eigenvalue weighted by atomic mass is 16.6. The molecule has 0 amide bonds. The van der Waals surface area contributed by atoms with Gasteiger partial charge in [0.05, 0.1) is 11.8 Å². The molecule has 1 heterocycles. The van der Waals surface area contributed by atoms with E-state index >= 15 is 0 Å². The Kier molecular flexibility index (Phi) is 1.66. The van der Waals surface area contributed by atoms with Crippen LogP contribution in [0.3, 0.4) is 0 Å². The lowest BCUT2D eigenvalue weighted by atomic mass is 9.88. The summed E-state index contributed by atoms with van der Waals surface area (Å²) in [4.78, 5) is 12.0. The molecule has 98 valence electrons. The van der Waals surface area contributed by atoms with Crippen molar-refractivity contribution < 1.29 is 14.6 Å². The Morgan fingerprint density at radius 1 is 0.950 bits per heavy atom. The van der Waals surface area contributed by atoms with E-state index < -0.39 is 6.29 Å². The van der Waals surface area contributed by atoms with Crippen LogP contribution in [0.2, 0.25) is 0 Å². The number of benzene rings is 2. The molecule has 1 saturated carbocycles. The largest absolute Gasteiger partial charge is 0.435 e. The fraction of sp³-hybridized carbons (Fsp3) is 0.235. The van der Waals surface area contributed by atoms with E-state index in [2.05, 4.69) is 24.3 Å². The summed E-state index contributed by atoms with van der Waals surface area (Å²) in [5, 5.41) is 10.0. The maximum Gasteiger partial charge on any atom is 0.313 e. The predicted octanol–water partition coefficient (Wildman–Crippen LogP) is 2.07. The molecule has 5 rings (SSSR count). The second kappa shape index (κ2) is 3.13. The van der Waals surface area contributed by atoms with Crippen LogP contribution in [-0.2, 0) is 14.9 Å². The molecule has 1 aliphatic heterocycles. The van der Waals surface area contributed by atoms with Crippen molar-refractivity contribution >= 4 is 5.97 Å². The lowest BCUT2D eigenvalue weighted by Gasteiger charge is -2.20. The van der Waals surface area contributed by atoms with Crippen molar-refractivity contribution in [2.45, 2.75) is 11.7 Å². The summed E-state index contributed by atoms with van der Waals surface area (Å²) in [6.07, 6.45) is -0.980. The molecule has 2 fully saturated rings. The van der Waals surface area contributed by atoms with Crippen LogP contribution in [0, 0.1) is 11.8 Å². The normalized spacial score (nSPS) is 30.6. The number of cyclic esters (lactones) is 1. The minimum Gasteiger partial charge on any atom is -0.435 e. The SMILES string of the molecule is O=C1OC(O)C2C1C21c2ccccc2-c2ccccc21. The van der Waals surface area contributed by atoms with Gasteiger partial charge in [0.15, 0.2) is 0 Å². The average Bonchev–Trinajstić information content (AvgIpc) is 2.98. The Balaban J connectivity index is 1.85. The fourth-order valence-corrected chi connectivity index (χ4v) is 4.40. The van der Waals surface area contributed by atoms with E-state index in [4.69, 9.17) is 4.74 Å². The maximum absolute atomic E-state index is 12.0. The molecular formula is C17H12O3. The highest BCUT2D eigenvalue weighted by Gasteiger charge is 2.79. The van der Waals surface area contributed by atoms with E-state index in [1.807, 2.05) is 24.3 Å². The van der Waals surface area contributed by atoms with Gasteiger partial charge >= 0.3 is 5.97 Å². The topological polar surface area (TPSA) is 46.5 Å². The number of rotatable bonds is 0. The average molecular weight is 264 g/mol. The number of esters is 1. The van der Waals surface area contributed by atoms with E-state index in [1.54, 1.807) is 0 Å².